The maximum Gasteiger partial charge on any atom is 0.140 e. The van der Waals surface area contributed by atoms with Crippen molar-refractivity contribution in [1.29, 1.82) is 0 Å². The van der Waals surface area contributed by atoms with Crippen molar-refractivity contribution in [2.24, 2.45) is 0 Å². The van der Waals surface area contributed by atoms with Gasteiger partial charge in [0.1, 0.15) is 11.4 Å². The third-order valence-corrected chi connectivity index (χ3v) is 2.20. The second kappa shape index (κ2) is 2.08. The van der Waals surface area contributed by atoms with Crippen molar-refractivity contribution in [3.8, 4) is 0 Å². The summed E-state index contributed by atoms with van der Waals surface area (Å²) < 4.78 is 1.99. The summed E-state index contributed by atoms with van der Waals surface area (Å²) in [7, 11) is 0. The van der Waals surface area contributed by atoms with Crippen LogP contribution < -0.4 is 0 Å². The van der Waals surface area contributed by atoms with E-state index in [1.165, 1.54) is 0 Å². The summed E-state index contributed by atoms with van der Waals surface area (Å²) in [6.07, 6.45) is 5.38. The van der Waals surface area contributed by atoms with E-state index in [0.29, 0.717) is 0 Å². The Hall–Kier alpha value is -0.830. The number of imidazole rings is 1. The van der Waals surface area contributed by atoms with Crippen molar-refractivity contribution in [1.82, 2.24) is 9.55 Å². The van der Waals surface area contributed by atoms with E-state index in [4.69, 9.17) is 0 Å². The van der Waals surface area contributed by atoms with Crippen LogP contribution in [0, 0.1) is 0 Å². The molecule has 0 aromatic carbocycles. The van der Waals surface area contributed by atoms with E-state index >= 15 is 0 Å². The fourth-order valence-electron chi connectivity index (χ4n) is 1.31. The molecule has 60 valence electrons. The monoisotopic (exact) mass is 152 g/mol. The van der Waals surface area contributed by atoms with Gasteiger partial charge in [0.25, 0.3) is 0 Å². The molecule has 1 aromatic rings. The van der Waals surface area contributed by atoms with Crippen LogP contribution in [0.25, 0.3) is 0 Å². The molecule has 0 amide bonds. The fraction of sp³-hybridized carbons (Fsp3) is 0.625. The second-order valence-electron chi connectivity index (χ2n) is 3.07. The minimum Gasteiger partial charge on any atom is -0.382 e. The summed E-state index contributed by atoms with van der Waals surface area (Å²) in [4.78, 5) is 4.13. The van der Waals surface area contributed by atoms with Gasteiger partial charge in [-0.2, -0.15) is 0 Å². The summed E-state index contributed by atoms with van der Waals surface area (Å²) in [5.74, 6) is 0.833. The first-order valence-electron chi connectivity index (χ1n) is 4.00. The molecule has 3 heteroatoms. The van der Waals surface area contributed by atoms with E-state index in [9.17, 15) is 5.11 Å². The van der Waals surface area contributed by atoms with Crippen molar-refractivity contribution in [3.63, 3.8) is 0 Å². The normalized spacial score (nSPS) is 20.2. The van der Waals surface area contributed by atoms with E-state index in [1.54, 1.807) is 6.20 Å². The van der Waals surface area contributed by atoms with Crippen LogP contribution in [-0.2, 0) is 12.1 Å². The second-order valence-corrected chi connectivity index (χ2v) is 3.07. The van der Waals surface area contributed by atoms with E-state index in [1.807, 2.05) is 10.8 Å². The predicted molar refractivity (Wildman–Crippen MR) is 41.0 cm³/mol. The maximum absolute atomic E-state index is 9.72. The lowest BCUT2D eigenvalue weighted by Crippen LogP contribution is -2.13. The Balaban J connectivity index is 2.36. The first kappa shape index (κ1) is 6.85. The molecular formula is C8H12N2O. The zero-order valence-electron chi connectivity index (χ0n) is 6.62. The smallest absolute Gasteiger partial charge is 0.140 e. The Morgan fingerprint density at radius 2 is 2.45 bits per heavy atom. The largest absolute Gasteiger partial charge is 0.382 e. The van der Waals surface area contributed by atoms with Crippen LogP contribution in [0.1, 0.15) is 25.6 Å². The highest BCUT2D eigenvalue weighted by Crippen LogP contribution is 2.44. The third kappa shape index (κ3) is 0.959. The Bertz CT molecular complexity index is 263. The van der Waals surface area contributed by atoms with Crippen LogP contribution >= 0.6 is 0 Å². The Morgan fingerprint density at radius 3 is 3.00 bits per heavy atom. The van der Waals surface area contributed by atoms with Gasteiger partial charge < -0.3 is 9.67 Å². The number of nitrogens with zero attached hydrogens (tertiary/aromatic N) is 2. The van der Waals surface area contributed by atoms with E-state index in [2.05, 4.69) is 11.9 Å². The molecule has 11 heavy (non-hydrogen) atoms. The van der Waals surface area contributed by atoms with Crippen molar-refractivity contribution < 1.29 is 5.11 Å². The molecule has 0 atom stereocenters. The highest BCUT2D eigenvalue weighted by molar-refractivity contribution is 5.12. The van der Waals surface area contributed by atoms with Gasteiger partial charge in [0, 0.05) is 18.9 Å². The topological polar surface area (TPSA) is 38.0 Å². The number of hydrogen-bond donors (Lipinski definition) is 1. The van der Waals surface area contributed by atoms with Crippen LogP contribution in [-0.4, -0.2) is 14.7 Å². The highest BCUT2D eigenvalue weighted by Gasteiger charge is 2.45. The molecule has 1 fully saturated rings. The molecule has 0 radical (unpaired) electrons. The quantitative estimate of drug-likeness (QED) is 0.683. The van der Waals surface area contributed by atoms with E-state index in [0.717, 1.165) is 25.2 Å². The van der Waals surface area contributed by atoms with Crippen molar-refractivity contribution in [3.05, 3.63) is 18.2 Å². The summed E-state index contributed by atoms with van der Waals surface area (Å²) in [6.45, 7) is 2.94. The van der Waals surface area contributed by atoms with Gasteiger partial charge in [-0.05, 0) is 19.8 Å². The zero-order valence-corrected chi connectivity index (χ0v) is 6.62. The Kier molecular flexibility index (Phi) is 1.29. The number of aliphatic hydroxyl groups is 1. The Morgan fingerprint density at radius 1 is 1.73 bits per heavy atom. The first-order valence-corrected chi connectivity index (χ1v) is 4.00. The molecular weight excluding hydrogens is 140 g/mol. The highest BCUT2D eigenvalue weighted by atomic mass is 16.3. The molecule has 0 bridgehead atoms. The first-order chi connectivity index (χ1) is 5.26. The van der Waals surface area contributed by atoms with Crippen LogP contribution in [0.15, 0.2) is 12.4 Å². The lowest BCUT2D eigenvalue weighted by molar-refractivity contribution is 0.136. The third-order valence-electron chi connectivity index (χ3n) is 2.20. The van der Waals surface area contributed by atoms with Gasteiger partial charge in [-0.1, -0.05) is 0 Å². The molecule has 1 aromatic heterocycles. The molecule has 0 aliphatic heterocycles. The molecule has 1 N–H and O–H groups in total. The van der Waals surface area contributed by atoms with Crippen LogP contribution in [0.3, 0.4) is 0 Å². The van der Waals surface area contributed by atoms with Crippen molar-refractivity contribution in [2.75, 3.05) is 0 Å². The van der Waals surface area contributed by atoms with E-state index in [-0.39, 0.29) is 0 Å². The average molecular weight is 152 g/mol. The molecule has 0 unspecified atom stereocenters. The lowest BCUT2D eigenvalue weighted by Gasteiger charge is -2.08. The summed E-state index contributed by atoms with van der Waals surface area (Å²) >= 11 is 0. The standard InChI is InChI=1S/C8H12N2O/c1-2-10-6-5-9-7(10)8(11)3-4-8/h5-6,11H,2-4H2,1H3. The summed E-state index contributed by atoms with van der Waals surface area (Å²) in [5, 5.41) is 9.72. The number of hydrogen-bond acceptors (Lipinski definition) is 2. The van der Waals surface area contributed by atoms with Gasteiger partial charge in [0.2, 0.25) is 0 Å². The molecule has 0 spiro atoms. The minimum absolute atomic E-state index is 0.584. The lowest BCUT2D eigenvalue weighted by atomic mass is 10.3. The molecule has 0 saturated heterocycles. The SMILES string of the molecule is CCn1ccnc1C1(O)CC1. The van der Waals surface area contributed by atoms with Crippen LogP contribution in [0.4, 0.5) is 0 Å². The fourth-order valence-corrected chi connectivity index (χ4v) is 1.31. The van der Waals surface area contributed by atoms with Gasteiger partial charge in [-0.3, -0.25) is 0 Å². The van der Waals surface area contributed by atoms with Gasteiger partial charge in [-0.25, -0.2) is 4.98 Å². The van der Waals surface area contributed by atoms with E-state index < -0.39 is 5.60 Å². The number of aryl methyl sites for hydroxylation is 1. The zero-order chi connectivity index (χ0) is 7.90. The molecule has 1 heterocycles. The molecule has 3 nitrogen and oxygen atoms in total. The predicted octanol–water partition coefficient (Wildman–Crippen LogP) is 0.884. The number of rotatable bonds is 2. The average Bonchev–Trinajstić information content (AvgIpc) is 2.61. The molecule has 1 aliphatic rings. The maximum atomic E-state index is 9.72. The summed E-state index contributed by atoms with van der Waals surface area (Å²) in [5.41, 5.74) is -0.584. The van der Waals surface area contributed by atoms with Gasteiger partial charge in [-0.15, -0.1) is 0 Å². The van der Waals surface area contributed by atoms with Crippen LogP contribution in [0.2, 0.25) is 0 Å². The minimum atomic E-state index is -0.584. The number of aromatic nitrogens is 2. The Labute approximate surface area is 65.7 Å². The van der Waals surface area contributed by atoms with Crippen molar-refractivity contribution >= 4 is 0 Å². The van der Waals surface area contributed by atoms with Gasteiger partial charge in [0.05, 0.1) is 0 Å². The molecule has 1 aliphatic carbocycles. The molecule has 1 saturated carbocycles. The van der Waals surface area contributed by atoms with Gasteiger partial charge in [0.15, 0.2) is 0 Å². The molecule has 2 rings (SSSR count). The van der Waals surface area contributed by atoms with Crippen LogP contribution in [0.5, 0.6) is 0 Å². The summed E-state index contributed by atoms with van der Waals surface area (Å²) in [6, 6.07) is 0. The van der Waals surface area contributed by atoms with Gasteiger partial charge >= 0.3 is 0 Å². The van der Waals surface area contributed by atoms with Crippen molar-refractivity contribution in [2.45, 2.75) is 31.9 Å².